The van der Waals surface area contributed by atoms with Gasteiger partial charge < -0.3 is 4.98 Å². The molecule has 6 rings (SSSR count). The zero-order valence-corrected chi connectivity index (χ0v) is 26.1. The van der Waals surface area contributed by atoms with Crippen molar-refractivity contribution in [1.82, 2.24) is 9.97 Å². The van der Waals surface area contributed by atoms with Crippen LogP contribution in [0.1, 0.15) is 0 Å². The van der Waals surface area contributed by atoms with Crippen molar-refractivity contribution in [2.45, 2.75) is 17.3 Å². The van der Waals surface area contributed by atoms with E-state index in [0.717, 1.165) is 27.2 Å². The van der Waals surface area contributed by atoms with Crippen molar-refractivity contribution in [2.24, 2.45) is 0 Å². The first-order chi connectivity index (χ1) is 17.4. The van der Waals surface area contributed by atoms with E-state index < -0.39 is 13.3 Å². The zero-order valence-electron chi connectivity index (χ0n) is 20.8. The summed E-state index contributed by atoms with van der Waals surface area (Å²) in [5.74, 6) is 6.82. The molecule has 0 aliphatic heterocycles. The molecule has 0 atom stereocenters. The van der Waals surface area contributed by atoms with Crippen LogP contribution in [0, 0.1) is 17.9 Å². The second-order valence-corrected chi connectivity index (χ2v) is 21.2. The van der Waals surface area contributed by atoms with Gasteiger partial charge in [0.05, 0.1) is 6.20 Å². The molecule has 0 N–H and O–H groups in total. The first-order valence-electron chi connectivity index (χ1n) is 11.8. The second-order valence-electron chi connectivity index (χ2n) is 9.51. The van der Waals surface area contributed by atoms with E-state index in [4.69, 9.17) is 0 Å². The number of nitrogens with zero attached hydrogens (tertiary/aromatic N) is 2. The van der Waals surface area contributed by atoms with Crippen LogP contribution in [0.25, 0.3) is 42.7 Å². The molecular weight excluding hydrogens is 716 g/mol. The Morgan fingerprint density at radius 3 is 2.16 bits per heavy atom. The number of halogens is 1. The Balaban J connectivity index is 0.000000173. The van der Waals surface area contributed by atoms with Gasteiger partial charge in [-0.1, -0.05) is 29.7 Å². The van der Waals surface area contributed by atoms with E-state index in [1.807, 2.05) is 48.7 Å². The molecule has 3 aromatic heterocycles. The van der Waals surface area contributed by atoms with Crippen molar-refractivity contribution < 1.29 is 24.5 Å². The van der Waals surface area contributed by atoms with Crippen molar-refractivity contribution in [3.05, 3.63) is 115 Å². The SMILES string of the molecule is Fc1ccc(-c2[c-]ccc3c2sc2ccccc23)nc1.[CH3][Ge]([CH3])([CH3])[c]1ccc(-c2[c-]cccc2)nc1.[Ir]. The molecule has 0 saturated carbocycles. The van der Waals surface area contributed by atoms with E-state index in [0.29, 0.717) is 0 Å². The molecule has 1 radical (unpaired) electrons. The van der Waals surface area contributed by atoms with E-state index in [2.05, 4.69) is 69.7 Å². The molecular formula is C31H25FGeIrN2S-2. The van der Waals surface area contributed by atoms with Gasteiger partial charge >= 0.3 is 99.8 Å². The van der Waals surface area contributed by atoms with Gasteiger partial charge in [-0.3, -0.25) is 0 Å². The second kappa shape index (κ2) is 11.8. The van der Waals surface area contributed by atoms with E-state index >= 15 is 0 Å². The van der Waals surface area contributed by atoms with Gasteiger partial charge in [-0.15, -0.1) is 23.8 Å². The number of pyridine rings is 2. The Morgan fingerprint density at radius 1 is 0.730 bits per heavy atom. The maximum absolute atomic E-state index is 13.0. The minimum Gasteiger partial charge on any atom is 0 e. The fourth-order valence-electron chi connectivity index (χ4n) is 3.95. The topological polar surface area (TPSA) is 25.8 Å². The van der Waals surface area contributed by atoms with Gasteiger partial charge in [-0.2, -0.15) is 11.3 Å². The Morgan fingerprint density at radius 2 is 1.49 bits per heavy atom. The molecule has 0 bridgehead atoms. The summed E-state index contributed by atoms with van der Waals surface area (Å²) in [4.78, 5) is 8.70. The predicted octanol–water partition coefficient (Wildman–Crippen LogP) is 8.15. The normalized spacial score (nSPS) is 11.0. The van der Waals surface area contributed by atoms with Gasteiger partial charge in [0.2, 0.25) is 0 Å². The molecule has 0 amide bonds. The van der Waals surface area contributed by atoms with E-state index in [1.165, 1.54) is 32.1 Å². The van der Waals surface area contributed by atoms with Gasteiger partial charge in [0.15, 0.2) is 0 Å². The molecule has 3 heterocycles. The summed E-state index contributed by atoms with van der Waals surface area (Å²) in [5, 5.41) is 2.44. The minimum atomic E-state index is -1.72. The molecule has 0 saturated heterocycles. The summed E-state index contributed by atoms with van der Waals surface area (Å²) in [6, 6.07) is 34.1. The summed E-state index contributed by atoms with van der Waals surface area (Å²) < 4.78 is 16.8. The van der Waals surface area contributed by atoms with Gasteiger partial charge in [0.25, 0.3) is 0 Å². The fourth-order valence-corrected chi connectivity index (χ4v) is 7.33. The standard InChI is InChI=1S/C17H9FNS.C14H16GeN.Ir/c18-11-8-9-15(19-10-11)14-6-3-5-13-12-4-1-2-7-16(12)20-17(13)14;1-15(2,3)13-9-10-14(16-11-13)12-7-5-4-6-8-12;/h1-5,7-10H;4-7,9-11H,1-3H3;/q2*-1;. The van der Waals surface area contributed by atoms with Gasteiger partial charge in [-0.25, -0.2) is 4.39 Å². The zero-order chi connectivity index (χ0) is 25.1. The van der Waals surface area contributed by atoms with E-state index in [-0.39, 0.29) is 25.9 Å². The molecule has 0 fully saturated rings. The van der Waals surface area contributed by atoms with Gasteiger partial charge in [0, 0.05) is 24.8 Å². The predicted molar refractivity (Wildman–Crippen MR) is 153 cm³/mol. The van der Waals surface area contributed by atoms with E-state index in [1.54, 1.807) is 17.4 Å². The van der Waals surface area contributed by atoms with Crippen LogP contribution in [0.5, 0.6) is 0 Å². The van der Waals surface area contributed by atoms with Crippen molar-refractivity contribution in [3.63, 3.8) is 0 Å². The first-order valence-corrected chi connectivity index (χ1v) is 19.9. The smallest absolute Gasteiger partial charge is 0 e. The van der Waals surface area contributed by atoms with Gasteiger partial charge in [0.1, 0.15) is 5.82 Å². The van der Waals surface area contributed by atoms with Crippen LogP contribution < -0.4 is 4.40 Å². The summed E-state index contributed by atoms with van der Waals surface area (Å²) in [6.45, 7) is 0. The number of benzene rings is 3. The Bertz CT molecular complexity index is 1610. The number of fused-ring (bicyclic) bond motifs is 3. The summed E-state index contributed by atoms with van der Waals surface area (Å²) in [6.07, 6.45) is 3.28. The largest absolute Gasteiger partial charge is 0 e. The molecule has 6 heteroatoms. The van der Waals surface area contributed by atoms with E-state index in [9.17, 15) is 4.39 Å². The molecule has 0 aliphatic carbocycles. The Hall–Kier alpha value is -2.70. The molecule has 187 valence electrons. The average molecular weight is 741 g/mol. The summed E-state index contributed by atoms with van der Waals surface area (Å²) >= 11 is 0.00643. The molecule has 2 nitrogen and oxygen atoms in total. The average Bonchev–Trinajstić information content (AvgIpc) is 3.29. The third-order valence-electron chi connectivity index (χ3n) is 5.94. The minimum absolute atomic E-state index is 0. The van der Waals surface area contributed by atoms with Crippen molar-refractivity contribution in [1.29, 1.82) is 0 Å². The van der Waals surface area contributed by atoms with Crippen LogP contribution in [0.15, 0.2) is 97.3 Å². The number of thiophene rings is 1. The maximum Gasteiger partial charge on any atom is 0 e. The quantitative estimate of drug-likeness (QED) is 0.135. The number of hydrogen-bond acceptors (Lipinski definition) is 3. The van der Waals surface area contributed by atoms with Crippen LogP contribution in [0.2, 0.25) is 17.3 Å². The van der Waals surface area contributed by atoms with Crippen molar-refractivity contribution >= 4 is 49.2 Å². The van der Waals surface area contributed by atoms with Crippen LogP contribution in [-0.4, -0.2) is 23.2 Å². The van der Waals surface area contributed by atoms with Crippen LogP contribution in [0.4, 0.5) is 4.39 Å². The molecule has 0 aliphatic rings. The molecule has 37 heavy (non-hydrogen) atoms. The molecule has 0 unspecified atom stereocenters. The summed E-state index contributed by atoms with van der Waals surface area (Å²) in [5.41, 5.74) is 3.76. The van der Waals surface area contributed by atoms with Gasteiger partial charge in [-0.05, 0) is 27.9 Å². The monoisotopic (exact) mass is 743 g/mol. The Labute approximate surface area is 237 Å². The van der Waals surface area contributed by atoms with Crippen LogP contribution >= 0.6 is 11.3 Å². The number of hydrogen-bond donors (Lipinski definition) is 0. The third kappa shape index (κ3) is 6.24. The Kier molecular flexibility index (Phi) is 8.71. The summed E-state index contributed by atoms with van der Waals surface area (Å²) in [7, 11) is 0. The third-order valence-corrected chi connectivity index (χ3v) is 11.4. The van der Waals surface area contributed by atoms with Crippen molar-refractivity contribution in [3.8, 4) is 22.5 Å². The van der Waals surface area contributed by atoms with Crippen LogP contribution in [-0.2, 0) is 20.1 Å². The first kappa shape index (κ1) is 27.3. The molecule has 6 aromatic rings. The fraction of sp³-hybridized carbons (Fsp3) is 0.0968. The number of aromatic nitrogens is 2. The molecule has 3 aromatic carbocycles. The number of rotatable bonds is 3. The van der Waals surface area contributed by atoms with Crippen molar-refractivity contribution in [2.75, 3.05) is 0 Å². The maximum atomic E-state index is 13.0. The molecule has 0 spiro atoms. The van der Waals surface area contributed by atoms with Crippen LogP contribution in [0.3, 0.4) is 0 Å².